The quantitative estimate of drug-likeness (QED) is 0.659. The van der Waals surface area contributed by atoms with E-state index < -0.39 is 5.97 Å². The van der Waals surface area contributed by atoms with Gasteiger partial charge in [0.2, 0.25) is 0 Å². The molecule has 0 aliphatic carbocycles. The Morgan fingerprint density at radius 1 is 0.944 bits per heavy atom. The smallest absolute Gasteiger partial charge is 0.332 e. The minimum Gasteiger partial charge on any atom is -0.478 e. The maximum Gasteiger partial charge on any atom is 0.332 e. The van der Waals surface area contributed by atoms with E-state index in [1.165, 1.54) is 0 Å². The monoisotopic (exact) mass is 240 g/mol. The van der Waals surface area contributed by atoms with Crippen LogP contribution in [-0.4, -0.2) is 11.1 Å². The van der Waals surface area contributed by atoms with Gasteiger partial charge in [0.15, 0.2) is 0 Å². The Balaban J connectivity index is 2.31. The van der Waals surface area contributed by atoms with Crippen LogP contribution in [0.1, 0.15) is 5.56 Å². The lowest BCUT2D eigenvalue weighted by atomic mass is 10.2. The molecule has 90 valence electrons. The molecule has 2 aromatic rings. The van der Waals surface area contributed by atoms with E-state index in [0.29, 0.717) is 11.5 Å². The van der Waals surface area contributed by atoms with Gasteiger partial charge in [0, 0.05) is 5.56 Å². The molecule has 3 nitrogen and oxygen atoms in total. The molecule has 2 aromatic carbocycles. The van der Waals surface area contributed by atoms with Gasteiger partial charge in [0.05, 0.1) is 6.08 Å². The predicted molar refractivity (Wildman–Crippen MR) is 69.1 cm³/mol. The van der Waals surface area contributed by atoms with Crippen LogP contribution in [-0.2, 0) is 4.79 Å². The molecule has 0 radical (unpaired) electrons. The molecule has 3 heteroatoms. The highest BCUT2D eigenvalue weighted by Gasteiger charge is 2.06. The number of para-hydroxylation sites is 1. The van der Waals surface area contributed by atoms with Gasteiger partial charge >= 0.3 is 5.97 Å². The first-order valence-corrected chi connectivity index (χ1v) is 5.48. The molecular weight excluding hydrogens is 228 g/mol. The van der Waals surface area contributed by atoms with Crippen LogP contribution in [0.15, 0.2) is 66.7 Å². The van der Waals surface area contributed by atoms with Crippen molar-refractivity contribution in [2.45, 2.75) is 0 Å². The summed E-state index contributed by atoms with van der Waals surface area (Å²) in [6.45, 7) is 0. The number of carbonyl (C=O) groups is 1. The van der Waals surface area contributed by atoms with Crippen molar-refractivity contribution in [2.24, 2.45) is 0 Å². The van der Waals surface area contributed by atoms with Gasteiger partial charge in [0.1, 0.15) is 11.5 Å². The highest BCUT2D eigenvalue weighted by Crippen LogP contribution is 2.20. The van der Waals surface area contributed by atoms with Gasteiger partial charge in [-0.2, -0.15) is 0 Å². The molecular formula is C15H12O3. The first-order valence-electron chi connectivity index (χ1n) is 5.48. The van der Waals surface area contributed by atoms with Gasteiger partial charge in [-0.05, 0) is 12.1 Å². The molecule has 1 N–H and O–H groups in total. The SMILES string of the molecule is O=C(O)/C=C(\Oc1ccccc1)c1ccccc1. The molecule has 0 fully saturated rings. The highest BCUT2D eigenvalue weighted by atomic mass is 16.5. The zero-order chi connectivity index (χ0) is 12.8. The number of benzene rings is 2. The minimum atomic E-state index is -1.04. The summed E-state index contributed by atoms with van der Waals surface area (Å²) in [6, 6.07) is 18.2. The fourth-order valence-corrected chi connectivity index (χ4v) is 1.50. The molecule has 18 heavy (non-hydrogen) atoms. The molecule has 0 aromatic heterocycles. The van der Waals surface area contributed by atoms with Gasteiger partial charge in [-0.25, -0.2) is 4.79 Å². The standard InChI is InChI=1S/C15H12O3/c16-15(17)11-14(12-7-3-1-4-8-12)18-13-9-5-2-6-10-13/h1-11H,(H,16,17)/b14-11-. The lowest BCUT2D eigenvalue weighted by molar-refractivity contribution is -0.131. The molecule has 0 aliphatic heterocycles. The van der Waals surface area contributed by atoms with Crippen LogP contribution in [0.2, 0.25) is 0 Å². The van der Waals surface area contributed by atoms with Crippen LogP contribution in [0.5, 0.6) is 5.75 Å². The van der Waals surface area contributed by atoms with Crippen molar-refractivity contribution in [3.8, 4) is 5.75 Å². The van der Waals surface area contributed by atoms with Crippen molar-refractivity contribution in [3.05, 3.63) is 72.3 Å². The fraction of sp³-hybridized carbons (Fsp3) is 0. The van der Waals surface area contributed by atoms with Crippen molar-refractivity contribution in [2.75, 3.05) is 0 Å². The highest BCUT2D eigenvalue weighted by molar-refractivity contribution is 5.88. The molecule has 0 unspecified atom stereocenters. The minimum absolute atomic E-state index is 0.314. The Morgan fingerprint density at radius 2 is 1.50 bits per heavy atom. The molecule has 0 saturated heterocycles. The fourth-order valence-electron chi connectivity index (χ4n) is 1.50. The molecule has 0 heterocycles. The molecule has 0 atom stereocenters. The maximum atomic E-state index is 10.8. The van der Waals surface area contributed by atoms with E-state index in [1.54, 1.807) is 24.3 Å². The third kappa shape index (κ3) is 3.22. The largest absolute Gasteiger partial charge is 0.478 e. The van der Waals surface area contributed by atoms with Crippen molar-refractivity contribution in [3.63, 3.8) is 0 Å². The van der Waals surface area contributed by atoms with Crippen molar-refractivity contribution < 1.29 is 14.6 Å². The van der Waals surface area contributed by atoms with E-state index in [4.69, 9.17) is 9.84 Å². The molecule has 2 rings (SSSR count). The second-order valence-electron chi connectivity index (χ2n) is 3.63. The van der Waals surface area contributed by atoms with E-state index >= 15 is 0 Å². The van der Waals surface area contributed by atoms with Gasteiger partial charge in [-0.15, -0.1) is 0 Å². The van der Waals surface area contributed by atoms with Gasteiger partial charge in [-0.1, -0.05) is 48.5 Å². The number of ether oxygens (including phenoxy) is 1. The summed E-state index contributed by atoms with van der Waals surface area (Å²) in [5.41, 5.74) is 0.726. The van der Waals surface area contributed by atoms with Crippen LogP contribution in [0.25, 0.3) is 5.76 Å². The average Bonchev–Trinajstić information content (AvgIpc) is 2.40. The molecule has 0 bridgehead atoms. The number of hydrogen-bond acceptors (Lipinski definition) is 2. The van der Waals surface area contributed by atoms with Crippen LogP contribution < -0.4 is 4.74 Å². The average molecular weight is 240 g/mol. The molecule has 0 spiro atoms. The first-order chi connectivity index (χ1) is 8.75. The van der Waals surface area contributed by atoms with Gasteiger partial charge < -0.3 is 9.84 Å². The summed E-state index contributed by atoms with van der Waals surface area (Å²) >= 11 is 0. The summed E-state index contributed by atoms with van der Waals surface area (Å²) < 4.78 is 5.59. The van der Waals surface area contributed by atoms with Crippen LogP contribution in [0, 0.1) is 0 Å². The van der Waals surface area contributed by atoms with Crippen LogP contribution in [0.3, 0.4) is 0 Å². The second-order valence-corrected chi connectivity index (χ2v) is 3.63. The Bertz CT molecular complexity index is 544. The summed E-state index contributed by atoms with van der Waals surface area (Å²) in [5.74, 6) is -0.118. The van der Waals surface area contributed by atoms with Crippen LogP contribution >= 0.6 is 0 Å². The number of aliphatic carboxylic acids is 1. The first kappa shape index (κ1) is 11.9. The second kappa shape index (κ2) is 5.68. The van der Waals surface area contributed by atoms with E-state index in [-0.39, 0.29) is 0 Å². The predicted octanol–water partition coefficient (Wildman–Crippen LogP) is 3.19. The normalized spacial score (nSPS) is 11.0. The number of carboxylic acid groups (broad SMARTS) is 1. The molecule has 0 aliphatic rings. The Kier molecular flexibility index (Phi) is 3.76. The maximum absolute atomic E-state index is 10.8. The summed E-state index contributed by atoms with van der Waals surface area (Å²) in [6.07, 6.45) is 1.06. The van der Waals surface area contributed by atoms with Gasteiger partial charge in [-0.3, -0.25) is 0 Å². The van der Waals surface area contributed by atoms with E-state index in [0.717, 1.165) is 11.6 Å². The lowest BCUT2D eigenvalue weighted by Crippen LogP contribution is -1.99. The van der Waals surface area contributed by atoms with Crippen molar-refractivity contribution in [1.82, 2.24) is 0 Å². The van der Waals surface area contributed by atoms with Crippen molar-refractivity contribution in [1.29, 1.82) is 0 Å². The van der Waals surface area contributed by atoms with E-state index in [9.17, 15) is 4.79 Å². The summed E-state index contributed by atoms with van der Waals surface area (Å²) in [5, 5.41) is 8.87. The number of hydrogen-bond donors (Lipinski definition) is 1. The third-order valence-electron chi connectivity index (χ3n) is 2.28. The molecule has 0 amide bonds. The van der Waals surface area contributed by atoms with E-state index in [2.05, 4.69) is 0 Å². The number of rotatable bonds is 4. The Morgan fingerprint density at radius 3 is 2.06 bits per heavy atom. The molecule has 0 saturated carbocycles. The van der Waals surface area contributed by atoms with Gasteiger partial charge in [0.25, 0.3) is 0 Å². The zero-order valence-corrected chi connectivity index (χ0v) is 9.61. The lowest BCUT2D eigenvalue weighted by Gasteiger charge is -2.09. The summed E-state index contributed by atoms with van der Waals surface area (Å²) in [7, 11) is 0. The number of carboxylic acids is 1. The third-order valence-corrected chi connectivity index (χ3v) is 2.28. The topological polar surface area (TPSA) is 46.5 Å². The Labute approximate surface area is 105 Å². The van der Waals surface area contributed by atoms with E-state index in [1.807, 2.05) is 36.4 Å². The van der Waals surface area contributed by atoms with Crippen molar-refractivity contribution >= 4 is 11.7 Å². The zero-order valence-electron chi connectivity index (χ0n) is 9.61. The Hall–Kier alpha value is -2.55. The van der Waals surface area contributed by atoms with Crippen LogP contribution in [0.4, 0.5) is 0 Å². The summed E-state index contributed by atoms with van der Waals surface area (Å²) in [4.78, 5) is 10.8.